The molecule has 1 aliphatic rings. The lowest BCUT2D eigenvalue weighted by atomic mass is 9.92. The van der Waals surface area contributed by atoms with E-state index in [0.29, 0.717) is 11.1 Å². The molecule has 1 saturated carbocycles. The standard InChI is InChI=1S/C17H25Cl2N/c1-2-12-20-16(13-6-3-4-7-13)11-10-14-8-5-9-15(18)17(14)19/h5,8-9,13,16,20H,2-4,6-7,10-12H2,1H3. The molecule has 0 aliphatic heterocycles. The van der Waals surface area contributed by atoms with Crippen molar-refractivity contribution in [1.29, 1.82) is 0 Å². The Balaban J connectivity index is 1.95. The van der Waals surface area contributed by atoms with E-state index >= 15 is 0 Å². The Morgan fingerprint density at radius 1 is 1.25 bits per heavy atom. The zero-order valence-corrected chi connectivity index (χ0v) is 13.8. The first kappa shape index (κ1) is 16.1. The molecule has 1 aromatic carbocycles. The topological polar surface area (TPSA) is 12.0 Å². The maximum absolute atomic E-state index is 6.29. The molecule has 0 saturated heterocycles. The van der Waals surface area contributed by atoms with Crippen molar-refractivity contribution in [3.8, 4) is 0 Å². The van der Waals surface area contributed by atoms with Crippen LogP contribution in [0.15, 0.2) is 18.2 Å². The Hall–Kier alpha value is -0.240. The minimum atomic E-state index is 0.632. The van der Waals surface area contributed by atoms with E-state index in [-0.39, 0.29) is 0 Å². The van der Waals surface area contributed by atoms with Gasteiger partial charge in [0.05, 0.1) is 10.0 Å². The van der Waals surface area contributed by atoms with Crippen molar-refractivity contribution in [3.05, 3.63) is 33.8 Å². The first-order valence-corrected chi connectivity index (χ1v) is 8.64. The Kier molecular flexibility index (Phi) is 6.67. The molecule has 1 aliphatic carbocycles. The summed E-state index contributed by atoms with van der Waals surface area (Å²) >= 11 is 12.4. The highest BCUT2D eigenvalue weighted by Gasteiger charge is 2.24. The van der Waals surface area contributed by atoms with Crippen LogP contribution in [-0.4, -0.2) is 12.6 Å². The zero-order valence-electron chi connectivity index (χ0n) is 12.3. The van der Waals surface area contributed by atoms with Crippen LogP contribution in [0.2, 0.25) is 10.0 Å². The number of rotatable bonds is 7. The molecule has 0 radical (unpaired) electrons. The predicted molar refractivity (Wildman–Crippen MR) is 88.8 cm³/mol. The summed E-state index contributed by atoms with van der Waals surface area (Å²) in [6.07, 6.45) is 8.91. The van der Waals surface area contributed by atoms with Crippen molar-refractivity contribution in [2.45, 2.75) is 57.9 Å². The van der Waals surface area contributed by atoms with Crippen LogP contribution < -0.4 is 5.32 Å². The minimum absolute atomic E-state index is 0.632. The highest BCUT2D eigenvalue weighted by atomic mass is 35.5. The molecule has 2 rings (SSSR count). The smallest absolute Gasteiger partial charge is 0.0624 e. The van der Waals surface area contributed by atoms with Crippen molar-refractivity contribution in [2.75, 3.05) is 6.54 Å². The van der Waals surface area contributed by atoms with Gasteiger partial charge in [-0.3, -0.25) is 0 Å². The SMILES string of the molecule is CCCNC(CCc1cccc(Cl)c1Cl)C1CCCC1. The number of hydrogen-bond acceptors (Lipinski definition) is 1. The number of halogens is 2. The molecular formula is C17H25Cl2N. The Labute approximate surface area is 133 Å². The molecule has 0 aromatic heterocycles. The van der Waals surface area contributed by atoms with E-state index in [9.17, 15) is 0 Å². The Morgan fingerprint density at radius 2 is 2.00 bits per heavy atom. The van der Waals surface area contributed by atoms with E-state index in [1.165, 1.54) is 37.7 Å². The van der Waals surface area contributed by atoms with Crippen molar-refractivity contribution in [2.24, 2.45) is 5.92 Å². The summed E-state index contributed by atoms with van der Waals surface area (Å²) in [5.74, 6) is 0.847. The van der Waals surface area contributed by atoms with Crippen molar-refractivity contribution < 1.29 is 0 Å². The fourth-order valence-corrected chi connectivity index (χ4v) is 3.66. The molecule has 0 spiro atoms. The lowest BCUT2D eigenvalue weighted by molar-refractivity contribution is 0.341. The van der Waals surface area contributed by atoms with Gasteiger partial charge in [-0.05, 0) is 56.2 Å². The van der Waals surface area contributed by atoms with Gasteiger partial charge in [0.15, 0.2) is 0 Å². The summed E-state index contributed by atoms with van der Waals surface area (Å²) in [5, 5.41) is 5.14. The molecule has 1 nitrogen and oxygen atoms in total. The first-order chi connectivity index (χ1) is 9.72. The molecule has 0 heterocycles. The lowest BCUT2D eigenvalue weighted by Gasteiger charge is -2.25. The molecule has 1 unspecified atom stereocenters. The van der Waals surface area contributed by atoms with Gasteiger partial charge in [-0.15, -0.1) is 0 Å². The summed E-state index contributed by atoms with van der Waals surface area (Å²) in [6, 6.07) is 6.58. The normalized spacial score (nSPS) is 17.6. The molecule has 0 amide bonds. The monoisotopic (exact) mass is 313 g/mol. The van der Waals surface area contributed by atoms with Gasteiger partial charge in [-0.2, -0.15) is 0 Å². The molecule has 1 fully saturated rings. The second kappa shape index (κ2) is 8.26. The van der Waals surface area contributed by atoms with E-state index in [2.05, 4.69) is 18.3 Å². The third kappa shape index (κ3) is 4.38. The van der Waals surface area contributed by atoms with E-state index in [1.54, 1.807) is 0 Å². The second-order valence-electron chi connectivity index (χ2n) is 5.86. The third-order valence-corrected chi connectivity index (χ3v) is 5.24. The zero-order chi connectivity index (χ0) is 14.4. The van der Waals surface area contributed by atoms with Gasteiger partial charge in [0, 0.05) is 6.04 Å². The van der Waals surface area contributed by atoms with Gasteiger partial charge in [-0.1, -0.05) is 55.1 Å². The molecule has 112 valence electrons. The Bertz CT molecular complexity index is 413. The van der Waals surface area contributed by atoms with Crippen LogP contribution in [0.1, 0.15) is 51.0 Å². The molecule has 0 bridgehead atoms. The second-order valence-corrected chi connectivity index (χ2v) is 6.64. The number of nitrogens with one attached hydrogen (secondary N) is 1. The average Bonchev–Trinajstić information content (AvgIpc) is 2.97. The van der Waals surface area contributed by atoms with Crippen LogP contribution in [0.5, 0.6) is 0 Å². The summed E-state index contributed by atoms with van der Waals surface area (Å²) in [4.78, 5) is 0. The average molecular weight is 314 g/mol. The summed E-state index contributed by atoms with van der Waals surface area (Å²) in [6.45, 7) is 3.34. The largest absolute Gasteiger partial charge is 0.314 e. The molecule has 1 atom stereocenters. The maximum Gasteiger partial charge on any atom is 0.0624 e. The van der Waals surface area contributed by atoms with Crippen LogP contribution in [0, 0.1) is 5.92 Å². The van der Waals surface area contributed by atoms with E-state index in [0.717, 1.165) is 30.3 Å². The van der Waals surface area contributed by atoms with Crippen molar-refractivity contribution >= 4 is 23.2 Å². The van der Waals surface area contributed by atoms with Gasteiger partial charge in [0.25, 0.3) is 0 Å². The molecular weight excluding hydrogens is 289 g/mol. The van der Waals surface area contributed by atoms with Crippen molar-refractivity contribution in [3.63, 3.8) is 0 Å². The lowest BCUT2D eigenvalue weighted by Crippen LogP contribution is -2.36. The maximum atomic E-state index is 6.29. The summed E-state index contributed by atoms with van der Waals surface area (Å²) in [7, 11) is 0. The van der Waals surface area contributed by atoms with E-state index < -0.39 is 0 Å². The van der Waals surface area contributed by atoms with Crippen LogP contribution >= 0.6 is 23.2 Å². The fraction of sp³-hybridized carbons (Fsp3) is 0.647. The number of hydrogen-bond donors (Lipinski definition) is 1. The minimum Gasteiger partial charge on any atom is -0.314 e. The van der Waals surface area contributed by atoms with Gasteiger partial charge < -0.3 is 5.32 Å². The quantitative estimate of drug-likeness (QED) is 0.702. The summed E-state index contributed by atoms with van der Waals surface area (Å²) < 4.78 is 0. The number of aryl methyl sites for hydroxylation is 1. The Morgan fingerprint density at radius 3 is 2.70 bits per heavy atom. The molecule has 1 N–H and O–H groups in total. The number of benzene rings is 1. The van der Waals surface area contributed by atoms with E-state index in [4.69, 9.17) is 23.2 Å². The van der Waals surface area contributed by atoms with Crippen LogP contribution in [0.4, 0.5) is 0 Å². The third-order valence-electron chi connectivity index (χ3n) is 4.38. The van der Waals surface area contributed by atoms with Gasteiger partial charge in [0.1, 0.15) is 0 Å². The van der Waals surface area contributed by atoms with Gasteiger partial charge >= 0.3 is 0 Å². The molecule has 20 heavy (non-hydrogen) atoms. The van der Waals surface area contributed by atoms with Crippen LogP contribution in [0.3, 0.4) is 0 Å². The highest BCUT2D eigenvalue weighted by molar-refractivity contribution is 6.42. The molecule has 1 aromatic rings. The summed E-state index contributed by atoms with van der Waals surface area (Å²) in [5.41, 5.74) is 1.18. The van der Waals surface area contributed by atoms with Gasteiger partial charge in [0.2, 0.25) is 0 Å². The van der Waals surface area contributed by atoms with Crippen LogP contribution in [0.25, 0.3) is 0 Å². The molecule has 3 heteroatoms. The fourth-order valence-electron chi connectivity index (χ4n) is 3.25. The van der Waals surface area contributed by atoms with Crippen molar-refractivity contribution in [1.82, 2.24) is 5.32 Å². The van der Waals surface area contributed by atoms with Gasteiger partial charge in [-0.25, -0.2) is 0 Å². The van der Waals surface area contributed by atoms with E-state index in [1.807, 2.05) is 12.1 Å². The highest BCUT2D eigenvalue weighted by Crippen LogP contribution is 2.31. The predicted octanol–water partition coefficient (Wildman–Crippen LogP) is 5.48. The van der Waals surface area contributed by atoms with Crippen LogP contribution in [-0.2, 0) is 6.42 Å². The first-order valence-electron chi connectivity index (χ1n) is 7.88.